The van der Waals surface area contributed by atoms with Crippen LogP contribution >= 0.6 is 0 Å². The van der Waals surface area contributed by atoms with Crippen LogP contribution in [0.1, 0.15) is 11.1 Å². The molecule has 1 aromatic carbocycles. The summed E-state index contributed by atoms with van der Waals surface area (Å²) in [5.41, 5.74) is 2.25. The summed E-state index contributed by atoms with van der Waals surface area (Å²) in [5.74, 6) is 0. The fraction of sp³-hybridized carbons (Fsp3) is 0.500. The first kappa shape index (κ1) is 13.8. The van der Waals surface area contributed by atoms with Crippen LogP contribution in [0.2, 0.25) is 0 Å². The van der Waals surface area contributed by atoms with Crippen molar-refractivity contribution in [3.63, 3.8) is 0 Å². The van der Waals surface area contributed by atoms with Gasteiger partial charge in [-0.15, -0.1) is 0 Å². The monoisotopic (exact) mass is 264 g/mol. The molecule has 0 radical (unpaired) electrons. The van der Waals surface area contributed by atoms with Crippen molar-refractivity contribution >= 4 is 6.09 Å². The second-order valence-corrected chi connectivity index (χ2v) is 5.01. The molecule has 0 atom stereocenters. The Bertz CT molecular complexity index is 427. The van der Waals surface area contributed by atoms with Gasteiger partial charge in [0.15, 0.2) is 0 Å². The number of likely N-dealkylation sites (tertiary alicyclic amines) is 1. The van der Waals surface area contributed by atoms with E-state index < -0.39 is 6.09 Å². The third-order valence-electron chi connectivity index (χ3n) is 3.43. The molecule has 1 amide bonds. The maximum absolute atomic E-state index is 10.7. The number of hydrogen-bond acceptors (Lipinski definition) is 3. The summed E-state index contributed by atoms with van der Waals surface area (Å²) in [6, 6.07) is 8.10. The van der Waals surface area contributed by atoms with Gasteiger partial charge < -0.3 is 14.7 Å². The third-order valence-corrected chi connectivity index (χ3v) is 3.43. The van der Waals surface area contributed by atoms with Gasteiger partial charge in [-0.25, -0.2) is 4.79 Å². The second kappa shape index (κ2) is 6.04. The summed E-state index contributed by atoms with van der Waals surface area (Å²) < 4.78 is 5.24. The van der Waals surface area contributed by atoms with Crippen molar-refractivity contribution in [3.8, 4) is 0 Å². The molecule has 0 saturated carbocycles. The molecule has 19 heavy (non-hydrogen) atoms. The Morgan fingerprint density at radius 1 is 1.37 bits per heavy atom. The van der Waals surface area contributed by atoms with Gasteiger partial charge in [-0.2, -0.15) is 0 Å². The largest absolute Gasteiger partial charge is 0.465 e. The van der Waals surface area contributed by atoms with Crippen molar-refractivity contribution in [2.75, 3.05) is 27.2 Å². The quantitative estimate of drug-likeness (QED) is 0.878. The first-order valence-electron chi connectivity index (χ1n) is 6.35. The summed E-state index contributed by atoms with van der Waals surface area (Å²) in [6.07, 6.45) is -0.529. The van der Waals surface area contributed by atoms with Gasteiger partial charge in [0.25, 0.3) is 0 Å². The summed E-state index contributed by atoms with van der Waals surface area (Å²) >= 11 is 0. The predicted molar refractivity (Wildman–Crippen MR) is 72.0 cm³/mol. The molecular weight excluding hydrogens is 244 g/mol. The Balaban J connectivity index is 1.83. The number of carbonyl (C=O) groups is 1. The standard InChI is InChI=1S/C14H20N2O3/c1-15(14(17)18)7-11-3-5-12(6-4-11)8-16-9-13(10-16)19-2/h3-6,13H,7-10H2,1-2H3,(H,17,18). The van der Waals surface area contributed by atoms with E-state index in [4.69, 9.17) is 9.84 Å². The third kappa shape index (κ3) is 3.68. The lowest BCUT2D eigenvalue weighted by Crippen LogP contribution is -2.50. The number of amides is 1. The molecule has 0 bridgehead atoms. The van der Waals surface area contributed by atoms with E-state index in [9.17, 15) is 4.79 Å². The fourth-order valence-electron chi connectivity index (χ4n) is 2.15. The molecule has 1 N–H and O–H groups in total. The molecule has 5 heteroatoms. The Hall–Kier alpha value is -1.59. The van der Waals surface area contributed by atoms with Crippen LogP contribution in [0.3, 0.4) is 0 Å². The van der Waals surface area contributed by atoms with Crippen LogP contribution in [0.25, 0.3) is 0 Å². The number of nitrogens with zero attached hydrogens (tertiary/aromatic N) is 2. The smallest absolute Gasteiger partial charge is 0.407 e. The highest BCUT2D eigenvalue weighted by atomic mass is 16.5. The van der Waals surface area contributed by atoms with Crippen molar-refractivity contribution in [2.24, 2.45) is 0 Å². The Morgan fingerprint density at radius 2 is 1.95 bits per heavy atom. The van der Waals surface area contributed by atoms with Crippen molar-refractivity contribution in [1.82, 2.24) is 9.80 Å². The van der Waals surface area contributed by atoms with E-state index in [2.05, 4.69) is 17.0 Å². The maximum Gasteiger partial charge on any atom is 0.407 e. The number of carboxylic acid groups (broad SMARTS) is 1. The van der Waals surface area contributed by atoms with Crippen molar-refractivity contribution < 1.29 is 14.6 Å². The highest BCUT2D eigenvalue weighted by Gasteiger charge is 2.25. The number of benzene rings is 1. The van der Waals surface area contributed by atoms with Gasteiger partial charge in [0.2, 0.25) is 0 Å². The molecule has 1 heterocycles. The topological polar surface area (TPSA) is 53.0 Å². The number of hydrogen-bond donors (Lipinski definition) is 1. The highest BCUT2D eigenvalue weighted by molar-refractivity contribution is 5.64. The first-order chi connectivity index (χ1) is 9.08. The molecule has 5 nitrogen and oxygen atoms in total. The predicted octanol–water partition coefficient (Wildman–Crippen LogP) is 1.63. The van der Waals surface area contributed by atoms with Gasteiger partial charge in [0.1, 0.15) is 0 Å². The normalized spacial score (nSPS) is 16.1. The number of ether oxygens (including phenoxy) is 1. The average Bonchev–Trinajstić information content (AvgIpc) is 2.35. The molecule has 0 unspecified atom stereocenters. The zero-order valence-electron chi connectivity index (χ0n) is 11.4. The molecular formula is C14H20N2O3. The van der Waals surface area contributed by atoms with Crippen molar-refractivity contribution in [1.29, 1.82) is 0 Å². The first-order valence-corrected chi connectivity index (χ1v) is 6.35. The van der Waals surface area contributed by atoms with Crippen molar-refractivity contribution in [2.45, 2.75) is 19.2 Å². The van der Waals surface area contributed by atoms with E-state index in [-0.39, 0.29) is 0 Å². The summed E-state index contributed by atoms with van der Waals surface area (Å²) in [7, 11) is 3.32. The van der Waals surface area contributed by atoms with Crippen LogP contribution in [-0.4, -0.2) is 54.4 Å². The average molecular weight is 264 g/mol. The van der Waals surface area contributed by atoms with Crippen LogP contribution in [0.5, 0.6) is 0 Å². The second-order valence-electron chi connectivity index (χ2n) is 5.01. The fourth-order valence-corrected chi connectivity index (χ4v) is 2.15. The molecule has 1 aliphatic heterocycles. The van der Waals surface area contributed by atoms with E-state index in [0.717, 1.165) is 25.2 Å². The maximum atomic E-state index is 10.7. The zero-order chi connectivity index (χ0) is 13.8. The lowest BCUT2D eigenvalue weighted by molar-refractivity contribution is -0.0334. The number of methoxy groups -OCH3 is 1. The molecule has 0 aliphatic carbocycles. The minimum atomic E-state index is -0.907. The van der Waals surface area contributed by atoms with Crippen LogP contribution in [0, 0.1) is 0 Å². The molecule has 2 rings (SSSR count). The van der Waals surface area contributed by atoms with Gasteiger partial charge in [0.05, 0.1) is 6.10 Å². The van der Waals surface area contributed by atoms with Crippen LogP contribution in [-0.2, 0) is 17.8 Å². The minimum absolute atomic E-state index is 0.378. The van der Waals surface area contributed by atoms with Gasteiger partial charge in [-0.05, 0) is 11.1 Å². The Morgan fingerprint density at radius 3 is 2.47 bits per heavy atom. The zero-order valence-corrected chi connectivity index (χ0v) is 11.4. The molecule has 0 aromatic heterocycles. The summed E-state index contributed by atoms with van der Waals surface area (Å²) in [5, 5.41) is 8.81. The van der Waals surface area contributed by atoms with Gasteiger partial charge >= 0.3 is 6.09 Å². The molecule has 104 valence electrons. The molecule has 1 aromatic rings. The Labute approximate surface area is 113 Å². The van der Waals surface area contributed by atoms with Crippen molar-refractivity contribution in [3.05, 3.63) is 35.4 Å². The summed E-state index contributed by atoms with van der Waals surface area (Å²) in [4.78, 5) is 14.3. The SMILES string of the molecule is COC1CN(Cc2ccc(CN(C)C(=O)O)cc2)C1. The molecule has 1 fully saturated rings. The highest BCUT2D eigenvalue weighted by Crippen LogP contribution is 2.16. The molecule has 1 aliphatic rings. The minimum Gasteiger partial charge on any atom is -0.465 e. The van der Waals surface area contributed by atoms with Crippen LogP contribution < -0.4 is 0 Å². The molecule has 1 saturated heterocycles. The van der Waals surface area contributed by atoms with E-state index in [1.807, 2.05) is 12.1 Å². The lowest BCUT2D eigenvalue weighted by Gasteiger charge is -2.38. The van der Waals surface area contributed by atoms with E-state index in [1.165, 1.54) is 10.5 Å². The van der Waals surface area contributed by atoms with E-state index >= 15 is 0 Å². The summed E-state index contributed by atoms with van der Waals surface area (Å²) in [6.45, 7) is 3.32. The van der Waals surface area contributed by atoms with Gasteiger partial charge in [-0.1, -0.05) is 24.3 Å². The number of rotatable bonds is 5. The van der Waals surface area contributed by atoms with E-state index in [0.29, 0.717) is 12.6 Å². The van der Waals surface area contributed by atoms with Crippen LogP contribution in [0.4, 0.5) is 4.79 Å². The van der Waals surface area contributed by atoms with Gasteiger partial charge in [-0.3, -0.25) is 4.90 Å². The lowest BCUT2D eigenvalue weighted by atomic mass is 10.1. The van der Waals surface area contributed by atoms with Crippen LogP contribution in [0.15, 0.2) is 24.3 Å². The molecule has 0 spiro atoms. The van der Waals surface area contributed by atoms with Gasteiger partial charge in [0, 0.05) is 40.3 Å². The Kier molecular flexibility index (Phi) is 4.39. The van der Waals surface area contributed by atoms with E-state index in [1.54, 1.807) is 14.2 Å².